The van der Waals surface area contributed by atoms with Gasteiger partial charge in [0.05, 0.1) is 0 Å². The van der Waals surface area contributed by atoms with Gasteiger partial charge in [0.1, 0.15) is 13.2 Å². The summed E-state index contributed by atoms with van der Waals surface area (Å²) < 4.78 is 15.5. The van der Waals surface area contributed by atoms with Crippen LogP contribution in [0.1, 0.15) is 30.5 Å². The topological polar surface area (TPSA) is 94.7 Å². The number of carboxylic acid groups (broad SMARTS) is 1. The molecule has 0 amide bonds. The fraction of sp³-hybridized carbons (Fsp3) is 0.700. The molecule has 0 saturated carbocycles. The Kier molecular flexibility index (Phi) is 4.05. The molecule has 0 aliphatic carbocycles. The second kappa shape index (κ2) is 5.74. The van der Waals surface area contributed by atoms with Crippen LogP contribution < -0.4 is 0 Å². The number of carbonyl (C=O) groups is 1. The van der Waals surface area contributed by atoms with Crippen LogP contribution >= 0.6 is 0 Å². The highest BCUT2D eigenvalue weighted by Crippen LogP contribution is 2.25. The number of aromatic nitrogens is 2. The van der Waals surface area contributed by atoms with Gasteiger partial charge in [-0.2, -0.15) is 0 Å². The first-order valence-corrected chi connectivity index (χ1v) is 5.45. The summed E-state index contributed by atoms with van der Waals surface area (Å²) >= 11 is 0. The van der Waals surface area contributed by atoms with Crippen molar-refractivity contribution in [2.45, 2.75) is 25.4 Å². The van der Waals surface area contributed by atoms with Crippen LogP contribution in [0.25, 0.3) is 0 Å². The largest absolute Gasteiger partial charge is 0.480 e. The van der Waals surface area contributed by atoms with E-state index in [9.17, 15) is 4.79 Å². The van der Waals surface area contributed by atoms with E-state index < -0.39 is 5.97 Å². The fourth-order valence-electron chi connectivity index (χ4n) is 1.66. The van der Waals surface area contributed by atoms with E-state index in [2.05, 4.69) is 10.2 Å². The van der Waals surface area contributed by atoms with Gasteiger partial charge in [-0.25, -0.2) is 4.79 Å². The number of nitrogens with zero attached hydrogens (tertiary/aromatic N) is 2. The van der Waals surface area contributed by atoms with Crippen molar-refractivity contribution in [1.29, 1.82) is 0 Å². The van der Waals surface area contributed by atoms with Gasteiger partial charge in [-0.15, -0.1) is 10.2 Å². The maximum absolute atomic E-state index is 10.2. The van der Waals surface area contributed by atoms with Gasteiger partial charge in [-0.3, -0.25) is 0 Å². The van der Waals surface area contributed by atoms with Crippen LogP contribution in [-0.2, 0) is 20.9 Å². The van der Waals surface area contributed by atoms with Crippen molar-refractivity contribution in [3.8, 4) is 0 Å². The number of hydrogen-bond acceptors (Lipinski definition) is 6. The molecule has 1 fully saturated rings. The highest BCUT2D eigenvalue weighted by molar-refractivity contribution is 5.67. The van der Waals surface area contributed by atoms with Crippen molar-refractivity contribution in [2.24, 2.45) is 0 Å². The van der Waals surface area contributed by atoms with E-state index in [0.29, 0.717) is 25.0 Å². The standard InChI is InChI=1S/C10H14N2O5/c13-9(14)6-16-5-8-11-12-10(17-8)7-1-3-15-4-2-7/h7H,1-6H2,(H,13,14). The minimum atomic E-state index is -1.02. The lowest BCUT2D eigenvalue weighted by atomic mass is 10.0. The van der Waals surface area contributed by atoms with Crippen molar-refractivity contribution >= 4 is 5.97 Å². The average molecular weight is 242 g/mol. The van der Waals surface area contributed by atoms with E-state index in [-0.39, 0.29) is 19.1 Å². The molecule has 1 N–H and O–H groups in total. The van der Waals surface area contributed by atoms with Crippen molar-refractivity contribution in [3.05, 3.63) is 11.8 Å². The summed E-state index contributed by atoms with van der Waals surface area (Å²) in [5, 5.41) is 16.1. The Balaban J connectivity index is 1.84. The Bertz CT molecular complexity index is 373. The molecule has 0 radical (unpaired) electrons. The molecule has 1 aliphatic rings. The van der Waals surface area contributed by atoms with E-state index in [4.69, 9.17) is 19.0 Å². The second-order valence-electron chi connectivity index (χ2n) is 3.81. The van der Waals surface area contributed by atoms with Crippen LogP contribution in [0.4, 0.5) is 0 Å². The van der Waals surface area contributed by atoms with Crippen molar-refractivity contribution in [2.75, 3.05) is 19.8 Å². The van der Waals surface area contributed by atoms with E-state index in [0.717, 1.165) is 12.8 Å². The van der Waals surface area contributed by atoms with Gasteiger partial charge >= 0.3 is 5.97 Å². The Hall–Kier alpha value is -1.47. The molecule has 7 nitrogen and oxygen atoms in total. The molecule has 1 aromatic heterocycles. The summed E-state index contributed by atoms with van der Waals surface area (Å²) in [6.45, 7) is 1.08. The first kappa shape index (κ1) is 12.0. The lowest BCUT2D eigenvalue weighted by Crippen LogP contribution is -2.14. The zero-order valence-corrected chi connectivity index (χ0v) is 9.29. The Morgan fingerprint density at radius 3 is 2.88 bits per heavy atom. The molecular weight excluding hydrogens is 228 g/mol. The summed E-state index contributed by atoms with van der Waals surface area (Å²) in [7, 11) is 0. The first-order valence-electron chi connectivity index (χ1n) is 5.45. The van der Waals surface area contributed by atoms with Crippen LogP contribution in [0, 0.1) is 0 Å². The predicted molar refractivity (Wildman–Crippen MR) is 54.4 cm³/mol. The molecule has 2 heterocycles. The van der Waals surface area contributed by atoms with Crippen molar-refractivity contribution in [1.82, 2.24) is 10.2 Å². The van der Waals surface area contributed by atoms with Crippen molar-refractivity contribution in [3.63, 3.8) is 0 Å². The average Bonchev–Trinajstić information content (AvgIpc) is 2.78. The van der Waals surface area contributed by atoms with Crippen LogP contribution in [0.5, 0.6) is 0 Å². The van der Waals surface area contributed by atoms with Gasteiger partial charge in [0.25, 0.3) is 0 Å². The summed E-state index contributed by atoms with van der Waals surface area (Å²) in [6, 6.07) is 0. The molecule has 0 unspecified atom stereocenters. The first-order chi connectivity index (χ1) is 8.25. The SMILES string of the molecule is O=C(O)COCc1nnc(C2CCOCC2)o1. The number of hydrogen-bond donors (Lipinski definition) is 1. The molecule has 1 aromatic rings. The molecule has 17 heavy (non-hydrogen) atoms. The smallest absolute Gasteiger partial charge is 0.329 e. The highest BCUT2D eigenvalue weighted by Gasteiger charge is 2.21. The monoisotopic (exact) mass is 242 g/mol. The number of ether oxygens (including phenoxy) is 2. The second-order valence-corrected chi connectivity index (χ2v) is 3.81. The number of rotatable bonds is 5. The van der Waals surface area contributed by atoms with Gasteiger partial charge < -0.3 is 19.0 Å². The van der Waals surface area contributed by atoms with Gasteiger partial charge in [0, 0.05) is 19.1 Å². The molecule has 0 bridgehead atoms. The zero-order chi connectivity index (χ0) is 12.1. The molecule has 94 valence electrons. The lowest BCUT2D eigenvalue weighted by molar-refractivity contribution is -0.142. The Morgan fingerprint density at radius 2 is 2.18 bits per heavy atom. The third-order valence-corrected chi connectivity index (χ3v) is 2.50. The van der Waals surface area contributed by atoms with E-state index in [1.54, 1.807) is 0 Å². The fourth-order valence-corrected chi connectivity index (χ4v) is 1.66. The lowest BCUT2D eigenvalue weighted by Gasteiger charge is -2.18. The maximum atomic E-state index is 10.2. The van der Waals surface area contributed by atoms with E-state index in [1.165, 1.54) is 0 Å². The maximum Gasteiger partial charge on any atom is 0.329 e. The molecule has 0 aromatic carbocycles. The number of carboxylic acids is 1. The minimum absolute atomic E-state index is 0.0303. The normalized spacial score (nSPS) is 17.2. The van der Waals surface area contributed by atoms with Gasteiger partial charge in [-0.1, -0.05) is 0 Å². The quantitative estimate of drug-likeness (QED) is 0.806. The van der Waals surface area contributed by atoms with Crippen LogP contribution in [-0.4, -0.2) is 41.1 Å². The van der Waals surface area contributed by atoms with Gasteiger partial charge in [-0.05, 0) is 12.8 Å². The zero-order valence-electron chi connectivity index (χ0n) is 9.29. The Labute approximate surface area is 97.7 Å². The van der Waals surface area contributed by atoms with Crippen LogP contribution in [0.3, 0.4) is 0 Å². The summed E-state index contributed by atoms with van der Waals surface area (Å²) in [5.74, 6) is 0.119. The highest BCUT2D eigenvalue weighted by atomic mass is 16.5. The summed E-state index contributed by atoms with van der Waals surface area (Å²) in [5.41, 5.74) is 0. The predicted octanol–water partition coefficient (Wildman–Crippen LogP) is 0.565. The van der Waals surface area contributed by atoms with Crippen molar-refractivity contribution < 1.29 is 23.8 Å². The Morgan fingerprint density at radius 1 is 1.41 bits per heavy atom. The molecule has 1 saturated heterocycles. The molecule has 7 heteroatoms. The molecule has 0 atom stereocenters. The van der Waals surface area contributed by atoms with E-state index in [1.807, 2.05) is 0 Å². The van der Waals surface area contributed by atoms with E-state index >= 15 is 0 Å². The number of aliphatic carboxylic acids is 1. The molecular formula is C10H14N2O5. The third-order valence-electron chi connectivity index (χ3n) is 2.50. The van der Waals surface area contributed by atoms with Gasteiger partial charge in [0.15, 0.2) is 0 Å². The summed E-state index contributed by atoms with van der Waals surface area (Å²) in [4.78, 5) is 10.2. The van der Waals surface area contributed by atoms with Gasteiger partial charge in [0.2, 0.25) is 11.8 Å². The molecule has 0 spiro atoms. The summed E-state index contributed by atoms with van der Waals surface area (Å²) in [6.07, 6.45) is 1.75. The third kappa shape index (κ3) is 3.50. The van der Waals surface area contributed by atoms with Crippen LogP contribution in [0.15, 0.2) is 4.42 Å². The molecule has 2 rings (SSSR count). The molecule has 1 aliphatic heterocycles. The van der Waals surface area contributed by atoms with Crippen LogP contribution in [0.2, 0.25) is 0 Å². The minimum Gasteiger partial charge on any atom is -0.480 e.